The van der Waals surface area contributed by atoms with Crippen molar-refractivity contribution >= 4 is 5.71 Å². The predicted octanol–water partition coefficient (Wildman–Crippen LogP) is 1.21. The van der Waals surface area contributed by atoms with Gasteiger partial charge in [0.25, 0.3) is 0 Å². The van der Waals surface area contributed by atoms with E-state index in [0.29, 0.717) is 6.54 Å². The van der Waals surface area contributed by atoms with Gasteiger partial charge in [-0.05, 0) is 31.4 Å². The molecule has 0 aromatic carbocycles. The topological polar surface area (TPSA) is 51.0 Å². The highest BCUT2D eigenvalue weighted by Gasteiger charge is 2.49. The molecule has 0 radical (unpaired) electrons. The van der Waals surface area contributed by atoms with Crippen LogP contribution in [0.3, 0.4) is 0 Å². The molecule has 0 amide bonds. The molecule has 1 N–H and O–H groups in total. The lowest BCUT2D eigenvalue weighted by Crippen LogP contribution is -2.45. The van der Waals surface area contributed by atoms with Gasteiger partial charge in [0, 0.05) is 25.4 Å². The van der Waals surface area contributed by atoms with E-state index >= 15 is 0 Å². The molecule has 1 atom stereocenters. The van der Waals surface area contributed by atoms with Crippen LogP contribution in [0.25, 0.3) is 0 Å². The molecule has 2 aliphatic carbocycles. The Morgan fingerprint density at radius 3 is 2.82 bits per heavy atom. The second-order valence-corrected chi connectivity index (χ2v) is 4.85. The van der Waals surface area contributed by atoms with Crippen molar-refractivity contribution in [3.05, 3.63) is 23.3 Å². The number of aliphatic hydroxyl groups is 1. The lowest BCUT2D eigenvalue weighted by atomic mass is 9.74. The monoisotopic (exact) mass is 235 g/mol. The van der Waals surface area contributed by atoms with Crippen molar-refractivity contribution in [1.82, 2.24) is 0 Å². The SMILES string of the molecule is COC1(OC)C=CC2=NCC3(O)CCCC1=C23. The van der Waals surface area contributed by atoms with Crippen molar-refractivity contribution in [2.45, 2.75) is 30.7 Å². The minimum absolute atomic E-state index is 0.467. The quantitative estimate of drug-likeness (QED) is 0.732. The molecule has 1 heterocycles. The van der Waals surface area contributed by atoms with Crippen molar-refractivity contribution in [1.29, 1.82) is 0 Å². The summed E-state index contributed by atoms with van der Waals surface area (Å²) >= 11 is 0. The van der Waals surface area contributed by atoms with Crippen LogP contribution in [0.5, 0.6) is 0 Å². The van der Waals surface area contributed by atoms with E-state index in [4.69, 9.17) is 9.47 Å². The molecule has 0 bridgehead atoms. The number of nitrogens with zero attached hydrogens (tertiary/aromatic N) is 1. The summed E-state index contributed by atoms with van der Waals surface area (Å²) in [5, 5.41) is 10.6. The molecule has 0 spiro atoms. The van der Waals surface area contributed by atoms with Crippen molar-refractivity contribution < 1.29 is 14.6 Å². The Kier molecular flexibility index (Phi) is 2.30. The smallest absolute Gasteiger partial charge is 0.211 e. The van der Waals surface area contributed by atoms with Crippen LogP contribution < -0.4 is 0 Å². The number of allylic oxidation sites excluding steroid dienone is 1. The highest BCUT2D eigenvalue weighted by atomic mass is 16.7. The van der Waals surface area contributed by atoms with Gasteiger partial charge in [0.05, 0.1) is 12.3 Å². The Balaban J connectivity index is 2.18. The molecule has 3 rings (SSSR count). The van der Waals surface area contributed by atoms with E-state index in [1.165, 1.54) is 0 Å². The second-order valence-electron chi connectivity index (χ2n) is 4.85. The number of hydrogen-bond donors (Lipinski definition) is 1. The van der Waals surface area contributed by atoms with Gasteiger partial charge in [0.2, 0.25) is 5.79 Å². The zero-order chi connectivity index (χ0) is 12.1. The van der Waals surface area contributed by atoms with Gasteiger partial charge in [-0.1, -0.05) is 0 Å². The van der Waals surface area contributed by atoms with Gasteiger partial charge in [-0.15, -0.1) is 0 Å². The lowest BCUT2D eigenvalue weighted by molar-refractivity contribution is -0.146. The van der Waals surface area contributed by atoms with Crippen LogP contribution in [0.4, 0.5) is 0 Å². The van der Waals surface area contributed by atoms with Crippen molar-refractivity contribution in [3.8, 4) is 0 Å². The molecule has 17 heavy (non-hydrogen) atoms. The van der Waals surface area contributed by atoms with E-state index in [1.807, 2.05) is 12.2 Å². The Morgan fingerprint density at radius 1 is 1.35 bits per heavy atom. The summed E-state index contributed by atoms with van der Waals surface area (Å²) in [6.07, 6.45) is 6.40. The molecule has 1 unspecified atom stereocenters. The van der Waals surface area contributed by atoms with E-state index in [-0.39, 0.29) is 0 Å². The molecule has 0 saturated heterocycles. The third-order valence-electron chi connectivity index (χ3n) is 4.04. The molecular formula is C13H17NO3. The minimum Gasteiger partial charge on any atom is -0.383 e. The van der Waals surface area contributed by atoms with E-state index in [9.17, 15) is 5.11 Å². The zero-order valence-electron chi connectivity index (χ0n) is 10.2. The van der Waals surface area contributed by atoms with E-state index in [1.54, 1.807) is 14.2 Å². The first-order chi connectivity index (χ1) is 8.15. The predicted molar refractivity (Wildman–Crippen MR) is 64.0 cm³/mol. The van der Waals surface area contributed by atoms with Gasteiger partial charge in [0.1, 0.15) is 5.60 Å². The second kappa shape index (κ2) is 3.51. The number of hydrogen-bond acceptors (Lipinski definition) is 4. The highest BCUT2D eigenvalue weighted by molar-refractivity contribution is 6.13. The van der Waals surface area contributed by atoms with E-state index < -0.39 is 11.4 Å². The summed E-state index contributed by atoms with van der Waals surface area (Å²) < 4.78 is 11.1. The fraction of sp³-hybridized carbons (Fsp3) is 0.615. The standard InChI is InChI=1S/C13H17NO3/c1-16-13(17-2)7-5-10-11-9(13)4-3-6-12(11,15)8-14-10/h5,7,15H,3-4,6,8H2,1-2H3. The first-order valence-electron chi connectivity index (χ1n) is 5.96. The van der Waals surface area contributed by atoms with E-state index in [0.717, 1.165) is 36.1 Å². The maximum Gasteiger partial charge on any atom is 0.211 e. The molecule has 4 heteroatoms. The maximum absolute atomic E-state index is 10.6. The highest BCUT2D eigenvalue weighted by Crippen LogP contribution is 2.46. The summed E-state index contributed by atoms with van der Waals surface area (Å²) in [6.45, 7) is 0.467. The third kappa shape index (κ3) is 1.32. The molecule has 0 aromatic heterocycles. The fourth-order valence-corrected chi connectivity index (χ4v) is 3.17. The maximum atomic E-state index is 10.6. The summed E-state index contributed by atoms with van der Waals surface area (Å²) in [6, 6.07) is 0. The summed E-state index contributed by atoms with van der Waals surface area (Å²) in [5.74, 6) is -0.812. The fourth-order valence-electron chi connectivity index (χ4n) is 3.17. The van der Waals surface area contributed by atoms with Gasteiger partial charge in [-0.2, -0.15) is 0 Å². The molecule has 92 valence electrons. The summed E-state index contributed by atoms with van der Waals surface area (Å²) in [7, 11) is 3.26. The Morgan fingerprint density at radius 2 is 2.12 bits per heavy atom. The van der Waals surface area contributed by atoms with Crippen LogP contribution in [-0.2, 0) is 9.47 Å². The minimum atomic E-state index is -0.812. The van der Waals surface area contributed by atoms with Crippen molar-refractivity contribution in [2.75, 3.05) is 20.8 Å². The third-order valence-corrected chi connectivity index (χ3v) is 4.04. The average molecular weight is 235 g/mol. The van der Waals surface area contributed by atoms with Crippen LogP contribution in [0, 0.1) is 0 Å². The Labute approximate surface area is 101 Å². The van der Waals surface area contributed by atoms with Gasteiger partial charge in [-0.25, -0.2) is 0 Å². The molecular weight excluding hydrogens is 218 g/mol. The number of rotatable bonds is 2. The van der Waals surface area contributed by atoms with Crippen LogP contribution in [0.15, 0.2) is 28.3 Å². The first kappa shape index (κ1) is 11.1. The van der Waals surface area contributed by atoms with Crippen molar-refractivity contribution in [3.63, 3.8) is 0 Å². The summed E-state index contributed by atoms with van der Waals surface area (Å²) in [4.78, 5) is 4.42. The number of ether oxygens (including phenoxy) is 2. The van der Waals surface area contributed by atoms with Gasteiger partial charge in [-0.3, -0.25) is 4.99 Å². The van der Waals surface area contributed by atoms with Gasteiger partial charge in [0.15, 0.2) is 0 Å². The van der Waals surface area contributed by atoms with Crippen LogP contribution in [0.1, 0.15) is 19.3 Å². The van der Waals surface area contributed by atoms with Gasteiger partial charge >= 0.3 is 0 Å². The molecule has 0 aromatic rings. The van der Waals surface area contributed by atoms with Crippen LogP contribution in [-0.4, -0.2) is 43.0 Å². The Hall–Kier alpha value is -0.970. The van der Waals surface area contributed by atoms with Crippen LogP contribution >= 0.6 is 0 Å². The number of aliphatic imine (C=N–C) groups is 1. The average Bonchev–Trinajstić information content (AvgIpc) is 2.70. The van der Waals surface area contributed by atoms with E-state index in [2.05, 4.69) is 4.99 Å². The molecule has 1 aliphatic heterocycles. The number of methoxy groups -OCH3 is 2. The molecule has 0 fully saturated rings. The summed E-state index contributed by atoms with van der Waals surface area (Å²) in [5.41, 5.74) is 2.08. The van der Waals surface area contributed by atoms with Crippen LogP contribution in [0.2, 0.25) is 0 Å². The zero-order valence-corrected chi connectivity index (χ0v) is 10.2. The molecule has 3 aliphatic rings. The van der Waals surface area contributed by atoms with Crippen molar-refractivity contribution in [2.24, 2.45) is 4.99 Å². The van der Waals surface area contributed by atoms with Gasteiger partial charge < -0.3 is 14.6 Å². The molecule has 4 nitrogen and oxygen atoms in total. The Bertz CT molecular complexity index is 446. The first-order valence-corrected chi connectivity index (χ1v) is 5.96. The molecule has 0 saturated carbocycles. The normalized spacial score (nSPS) is 33.7. The lowest BCUT2D eigenvalue weighted by Gasteiger charge is -2.40. The largest absolute Gasteiger partial charge is 0.383 e.